The maximum atomic E-state index is 13.7. The van der Waals surface area contributed by atoms with Gasteiger partial charge in [-0.1, -0.05) is 6.07 Å². The predicted octanol–water partition coefficient (Wildman–Crippen LogP) is 2.37. The summed E-state index contributed by atoms with van der Waals surface area (Å²) in [6.45, 7) is 2.21. The van der Waals surface area contributed by atoms with E-state index in [1.165, 1.54) is 0 Å². The Morgan fingerprint density at radius 2 is 2.20 bits per heavy atom. The Hall–Kier alpha value is -2.54. The first-order valence-corrected chi connectivity index (χ1v) is 8.02. The van der Waals surface area contributed by atoms with Gasteiger partial charge in [-0.15, -0.1) is 0 Å². The van der Waals surface area contributed by atoms with E-state index >= 15 is 0 Å². The number of carbonyl (C=O) groups is 1. The molecule has 1 aliphatic rings. The topological polar surface area (TPSA) is 54.5 Å². The Kier molecular flexibility index (Phi) is 5.23. The minimum Gasteiger partial charge on any atom is -0.481 e. The molecule has 0 unspecified atom stereocenters. The Morgan fingerprint density at radius 1 is 1.36 bits per heavy atom. The average Bonchev–Trinajstić information content (AvgIpc) is 3.02. The van der Waals surface area contributed by atoms with Crippen LogP contribution < -0.4 is 10.1 Å². The summed E-state index contributed by atoms with van der Waals surface area (Å²) in [7, 11) is 1.57. The van der Waals surface area contributed by atoms with Crippen molar-refractivity contribution in [3.63, 3.8) is 0 Å². The van der Waals surface area contributed by atoms with Gasteiger partial charge in [0.05, 0.1) is 12.7 Å². The van der Waals surface area contributed by atoms with Crippen LogP contribution in [0, 0.1) is 11.6 Å². The van der Waals surface area contributed by atoms with Crippen molar-refractivity contribution in [1.82, 2.24) is 15.2 Å². The van der Waals surface area contributed by atoms with Crippen molar-refractivity contribution in [2.75, 3.05) is 20.2 Å². The molecule has 0 radical (unpaired) electrons. The van der Waals surface area contributed by atoms with E-state index in [1.54, 1.807) is 13.3 Å². The van der Waals surface area contributed by atoms with Crippen LogP contribution in [0.25, 0.3) is 0 Å². The van der Waals surface area contributed by atoms with E-state index in [0.717, 1.165) is 30.7 Å². The summed E-state index contributed by atoms with van der Waals surface area (Å²) >= 11 is 0. The second-order valence-electron chi connectivity index (χ2n) is 6.03. The molecule has 0 spiro atoms. The summed E-state index contributed by atoms with van der Waals surface area (Å²) in [4.78, 5) is 18.5. The van der Waals surface area contributed by atoms with Crippen LogP contribution >= 0.6 is 0 Å². The highest BCUT2D eigenvalue weighted by atomic mass is 19.1. The molecule has 1 atom stereocenters. The SMILES string of the molecule is COc1ccc(CN2CC[C@H](NC(=O)c3ccc(F)cc3F)C2)cn1. The normalized spacial score (nSPS) is 17.5. The summed E-state index contributed by atoms with van der Waals surface area (Å²) in [6.07, 6.45) is 2.54. The van der Waals surface area contributed by atoms with Crippen LogP contribution in [0.4, 0.5) is 8.78 Å². The Morgan fingerprint density at radius 3 is 2.88 bits per heavy atom. The fraction of sp³-hybridized carbons (Fsp3) is 0.333. The number of nitrogens with one attached hydrogen (secondary N) is 1. The van der Waals surface area contributed by atoms with Crippen molar-refractivity contribution >= 4 is 5.91 Å². The van der Waals surface area contributed by atoms with E-state index in [-0.39, 0.29) is 11.6 Å². The summed E-state index contributed by atoms with van der Waals surface area (Å²) < 4.78 is 31.6. The fourth-order valence-electron chi connectivity index (χ4n) is 2.91. The number of amides is 1. The number of benzene rings is 1. The lowest BCUT2D eigenvalue weighted by Gasteiger charge is -2.17. The molecular formula is C18H19F2N3O2. The molecule has 1 amide bonds. The highest BCUT2D eigenvalue weighted by Crippen LogP contribution is 2.16. The van der Waals surface area contributed by atoms with Gasteiger partial charge in [-0.25, -0.2) is 13.8 Å². The van der Waals surface area contributed by atoms with Gasteiger partial charge in [0.15, 0.2) is 0 Å². The fourth-order valence-corrected chi connectivity index (χ4v) is 2.91. The Bertz CT molecular complexity index is 752. The van der Waals surface area contributed by atoms with Gasteiger partial charge in [0.2, 0.25) is 5.88 Å². The van der Waals surface area contributed by atoms with Crippen LogP contribution in [-0.4, -0.2) is 42.0 Å². The van der Waals surface area contributed by atoms with Gasteiger partial charge in [-0.05, 0) is 24.1 Å². The van der Waals surface area contributed by atoms with Gasteiger partial charge < -0.3 is 10.1 Å². The summed E-state index contributed by atoms with van der Waals surface area (Å²) in [5.74, 6) is -1.50. The second kappa shape index (κ2) is 7.57. The molecule has 25 heavy (non-hydrogen) atoms. The number of aromatic nitrogens is 1. The van der Waals surface area contributed by atoms with E-state index in [0.29, 0.717) is 25.0 Å². The zero-order valence-corrected chi connectivity index (χ0v) is 13.8. The number of carbonyl (C=O) groups excluding carboxylic acids is 1. The number of methoxy groups -OCH3 is 1. The highest BCUT2D eigenvalue weighted by molar-refractivity contribution is 5.94. The van der Waals surface area contributed by atoms with Crippen LogP contribution in [0.5, 0.6) is 5.88 Å². The zero-order valence-electron chi connectivity index (χ0n) is 13.8. The van der Waals surface area contributed by atoms with Crippen molar-refractivity contribution in [3.05, 3.63) is 59.3 Å². The average molecular weight is 347 g/mol. The number of likely N-dealkylation sites (tertiary alicyclic amines) is 1. The first-order valence-electron chi connectivity index (χ1n) is 8.02. The van der Waals surface area contributed by atoms with Gasteiger partial charge in [-0.3, -0.25) is 9.69 Å². The number of halogens is 2. The molecular weight excluding hydrogens is 328 g/mol. The maximum Gasteiger partial charge on any atom is 0.254 e. The monoisotopic (exact) mass is 347 g/mol. The quantitative estimate of drug-likeness (QED) is 0.902. The van der Waals surface area contributed by atoms with E-state index in [9.17, 15) is 13.6 Å². The molecule has 5 nitrogen and oxygen atoms in total. The van der Waals surface area contributed by atoms with E-state index in [4.69, 9.17) is 4.74 Å². The molecule has 2 heterocycles. The lowest BCUT2D eigenvalue weighted by Crippen LogP contribution is -2.37. The van der Waals surface area contributed by atoms with Crippen molar-refractivity contribution in [2.45, 2.75) is 19.0 Å². The lowest BCUT2D eigenvalue weighted by atomic mass is 10.1. The Labute approximate surface area is 144 Å². The van der Waals surface area contributed by atoms with E-state index in [2.05, 4.69) is 15.2 Å². The molecule has 1 N–H and O–H groups in total. The molecule has 132 valence electrons. The van der Waals surface area contributed by atoms with Gasteiger partial charge in [0.1, 0.15) is 11.6 Å². The second-order valence-corrected chi connectivity index (χ2v) is 6.03. The van der Waals surface area contributed by atoms with Crippen LogP contribution in [-0.2, 0) is 6.54 Å². The molecule has 0 bridgehead atoms. The molecule has 1 saturated heterocycles. The summed E-state index contributed by atoms with van der Waals surface area (Å²) in [5, 5.41) is 2.81. The molecule has 1 aromatic carbocycles. The van der Waals surface area contributed by atoms with E-state index < -0.39 is 17.5 Å². The number of hydrogen-bond donors (Lipinski definition) is 1. The third-order valence-electron chi connectivity index (χ3n) is 4.20. The van der Waals surface area contributed by atoms with Crippen LogP contribution in [0.3, 0.4) is 0 Å². The van der Waals surface area contributed by atoms with Crippen molar-refractivity contribution in [2.24, 2.45) is 0 Å². The van der Waals surface area contributed by atoms with Crippen molar-refractivity contribution in [3.8, 4) is 5.88 Å². The Balaban J connectivity index is 1.54. The minimum absolute atomic E-state index is 0.0665. The number of nitrogens with zero attached hydrogens (tertiary/aromatic N) is 2. The molecule has 2 aromatic rings. The van der Waals surface area contributed by atoms with Gasteiger partial charge in [0, 0.05) is 44.0 Å². The number of rotatable bonds is 5. The summed E-state index contributed by atoms with van der Waals surface area (Å²) in [6, 6.07) is 6.65. The molecule has 0 saturated carbocycles. The van der Waals surface area contributed by atoms with Crippen LogP contribution in [0.1, 0.15) is 22.3 Å². The number of hydrogen-bond acceptors (Lipinski definition) is 4. The molecule has 1 fully saturated rings. The van der Waals surface area contributed by atoms with Gasteiger partial charge >= 0.3 is 0 Å². The lowest BCUT2D eigenvalue weighted by molar-refractivity contribution is 0.0933. The third kappa shape index (κ3) is 4.30. The summed E-state index contributed by atoms with van der Waals surface area (Å²) in [5.41, 5.74) is 0.913. The molecule has 3 rings (SSSR count). The van der Waals surface area contributed by atoms with E-state index in [1.807, 2.05) is 12.1 Å². The molecule has 1 aromatic heterocycles. The van der Waals surface area contributed by atoms with Crippen LogP contribution in [0.2, 0.25) is 0 Å². The molecule has 0 aliphatic carbocycles. The predicted molar refractivity (Wildman–Crippen MR) is 88.3 cm³/mol. The minimum atomic E-state index is -0.850. The molecule has 1 aliphatic heterocycles. The number of pyridine rings is 1. The first-order chi connectivity index (χ1) is 12.0. The van der Waals surface area contributed by atoms with Crippen molar-refractivity contribution in [1.29, 1.82) is 0 Å². The highest BCUT2D eigenvalue weighted by Gasteiger charge is 2.25. The third-order valence-corrected chi connectivity index (χ3v) is 4.20. The largest absolute Gasteiger partial charge is 0.481 e. The standard InChI is InChI=1S/C18H19F2N3O2/c1-25-17-5-2-12(9-21-17)10-23-7-6-14(11-23)22-18(24)15-4-3-13(19)8-16(15)20/h2-5,8-9,14H,6-7,10-11H2,1H3,(H,22,24)/t14-/m0/s1. The zero-order chi connectivity index (χ0) is 17.8. The van der Waals surface area contributed by atoms with Crippen molar-refractivity contribution < 1.29 is 18.3 Å². The molecule has 7 heteroatoms. The smallest absolute Gasteiger partial charge is 0.254 e. The first kappa shape index (κ1) is 17.3. The van der Waals surface area contributed by atoms with Crippen LogP contribution in [0.15, 0.2) is 36.5 Å². The van der Waals surface area contributed by atoms with Gasteiger partial charge in [0.25, 0.3) is 5.91 Å². The maximum absolute atomic E-state index is 13.7. The van der Waals surface area contributed by atoms with Gasteiger partial charge in [-0.2, -0.15) is 0 Å². The number of ether oxygens (including phenoxy) is 1.